The maximum atomic E-state index is 12.5. The second-order valence-corrected chi connectivity index (χ2v) is 6.45. The van der Waals surface area contributed by atoms with Gasteiger partial charge in [-0.25, -0.2) is 0 Å². The highest BCUT2D eigenvalue weighted by atomic mass is 35.5. The lowest BCUT2D eigenvalue weighted by atomic mass is 9.98. The minimum absolute atomic E-state index is 0.0254. The van der Waals surface area contributed by atoms with Crippen LogP contribution in [0.4, 0.5) is 0 Å². The fraction of sp³-hybridized carbons (Fsp3) is 0.211. The Labute approximate surface area is 155 Å². The molecule has 6 nitrogen and oxygen atoms in total. The molecule has 1 fully saturated rings. The number of halogens is 1. The monoisotopic (exact) mass is 369 g/mol. The zero-order chi connectivity index (χ0) is 18.1. The van der Waals surface area contributed by atoms with Crippen LogP contribution in [-0.2, 0) is 0 Å². The van der Waals surface area contributed by atoms with Crippen molar-refractivity contribution >= 4 is 17.5 Å². The van der Waals surface area contributed by atoms with Gasteiger partial charge in [0.15, 0.2) is 0 Å². The first-order valence-corrected chi connectivity index (χ1v) is 8.56. The van der Waals surface area contributed by atoms with E-state index in [1.165, 1.54) is 0 Å². The van der Waals surface area contributed by atoms with E-state index in [0.29, 0.717) is 41.1 Å². The largest absolute Gasteiger partial charge is 0.496 e. The van der Waals surface area contributed by atoms with Gasteiger partial charge >= 0.3 is 0 Å². The first-order valence-electron chi connectivity index (χ1n) is 8.18. The van der Waals surface area contributed by atoms with E-state index in [4.69, 9.17) is 20.9 Å². The Morgan fingerprint density at radius 2 is 1.92 bits per heavy atom. The molecule has 0 radical (unpaired) electrons. The van der Waals surface area contributed by atoms with E-state index < -0.39 is 0 Å². The molecule has 2 aromatic carbocycles. The zero-order valence-corrected chi connectivity index (χ0v) is 14.8. The molecule has 4 rings (SSSR count). The molecule has 1 aromatic heterocycles. The first-order chi connectivity index (χ1) is 12.7. The van der Waals surface area contributed by atoms with Gasteiger partial charge in [-0.1, -0.05) is 41.0 Å². The van der Waals surface area contributed by atoms with Crippen LogP contribution in [0.1, 0.15) is 22.2 Å². The van der Waals surface area contributed by atoms with Crippen LogP contribution >= 0.6 is 11.6 Å². The zero-order valence-electron chi connectivity index (χ0n) is 14.1. The highest BCUT2D eigenvalue weighted by Gasteiger charge is 2.36. The van der Waals surface area contributed by atoms with Crippen molar-refractivity contribution in [1.82, 2.24) is 15.0 Å². The fourth-order valence-corrected chi connectivity index (χ4v) is 3.16. The summed E-state index contributed by atoms with van der Waals surface area (Å²) in [5, 5.41) is 4.51. The minimum atomic E-state index is -0.0867. The van der Waals surface area contributed by atoms with Crippen LogP contribution in [0.15, 0.2) is 53.1 Å². The average molecular weight is 370 g/mol. The maximum Gasteiger partial charge on any atom is 0.255 e. The molecule has 0 spiro atoms. The summed E-state index contributed by atoms with van der Waals surface area (Å²) >= 11 is 6.10. The van der Waals surface area contributed by atoms with E-state index in [2.05, 4.69) is 10.1 Å². The topological polar surface area (TPSA) is 68.5 Å². The molecule has 0 unspecified atom stereocenters. The summed E-state index contributed by atoms with van der Waals surface area (Å²) in [7, 11) is 1.60. The Bertz CT molecular complexity index is 950. The molecule has 0 bridgehead atoms. The van der Waals surface area contributed by atoms with Crippen LogP contribution in [-0.4, -0.2) is 41.1 Å². The number of rotatable bonds is 4. The summed E-state index contributed by atoms with van der Waals surface area (Å²) < 4.78 is 10.7. The number of methoxy groups -OCH3 is 1. The summed E-state index contributed by atoms with van der Waals surface area (Å²) in [5.74, 6) is 1.63. The number of carbonyl (C=O) groups excluding carboxylic acids is 1. The molecule has 2 heterocycles. The van der Waals surface area contributed by atoms with Crippen molar-refractivity contribution in [3.8, 4) is 17.1 Å². The summed E-state index contributed by atoms with van der Waals surface area (Å²) in [6.07, 6.45) is 0. The molecule has 0 aliphatic carbocycles. The molecule has 1 aliphatic heterocycles. The third kappa shape index (κ3) is 2.93. The summed E-state index contributed by atoms with van der Waals surface area (Å²) in [6, 6.07) is 14.5. The molecular formula is C19H16ClN3O3. The van der Waals surface area contributed by atoms with E-state index in [1.54, 1.807) is 36.3 Å². The second kappa shape index (κ2) is 6.80. The number of hydrogen-bond acceptors (Lipinski definition) is 5. The van der Waals surface area contributed by atoms with Gasteiger partial charge in [-0.2, -0.15) is 4.98 Å². The van der Waals surface area contributed by atoms with Gasteiger partial charge in [-0.3, -0.25) is 4.79 Å². The Balaban J connectivity index is 1.46. The standard InChI is InChI=1S/C19H16ClN3O3/c1-25-16-9-5-3-7-14(16)17-21-18(26-22-17)12-10-23(11-12)19(24)13-6-2-4-8-15(13)20/h2-9,12H,10-11H2,1H3. The number of carbonyl (C=O) groups is 1. The predicted molar refractivity (Wildman–Crippen MR) is 96.4 cm³/mol. The van der Waals surface area contributed by atoms with E-state index in [9.17, 15) is 4.79 Å². The highest BCUT2D eigenvalue weighted by Crippen LogP contribution is 2.32. The fourth-order valence-electron chi connectivity index (χ4n) is 2.95. The lowest BCUT2D eigenvalue weighted by Crippen LogP contribution is -2.48. The number of nitrogens with zero attached hydrogens (tertiary/aromatic N) is 3. The van der Waals surface area contributed by atoms with E-state index >= 15 is 0 Å². The number of benzene rings is 2. The lowest BCUT2D eigenvalue weighted by Gasteiger charge is -2.37. The second-order valence-electron chi connectivity index (χ2n) is 6.04. The Morgan fingerprint density at radius 1 is 1.19 bits per heavy atom. The van der Waals surface area contributed by atoms with Gasteiger partial charge in [0.05, 0.1) is 29.2 Å². The highest BCUT2D eigenvalue weighted by molar-refractivity contribution is 6.33. The molecule has 0 N–H and O–H groups in total. The molecular weight excluding hydrogens is 354 g/mol. The predicted octanol–water partition coefficient (Wildman–Crippen LogP) is 3.64. The average Bonchev–Trinajstić information content (AvgIpc) is 3.10. The summed E-state index contributed by atoms with van der Waals surface area (Å²) in [5.41, 5.74) is 1.28. The molecule has 1 aliphatic rings. The number of amides is 1. The van der Waals surface area contributed by atoms with Crippen molar-refractivity contribution < 1.29 is 14.1 Å². The van der Waals surface area contributed by atoms with Gasteiger partial charge in [0.25, 0.3) is 5.91 Å². The number of likely N-dealkylation sites (tertiary alicyclic amines) is 1. The van der Waals surface area contributed by atoms with Crippen molar-refractivity contribution in [3.05, 3.63) is 65.0 Å². The van der Waals surface area contributed by atoms with Gasteiger partial charge in [-0.15, -0.1) is 0 Å². The van der Waals surface area contributed by atoms with E-state index in [-0.39, 0.29) is 11.8 Å². The van der Waals surface area contributed by atoms with Crippen LogP contribution in [0.3, 0.4) is 0 Å². The number of aromatic nitrogens is 2. The third-order valence-electron chi connectivity index (χ3n) is 4.41. The van der Waals surface area contributed by atoms with Crippen molar-refractivity contribution in [1.29, 1.82) is 0 Å². The third-order valence-corrected chi connectivity index (χ3v) is 4.74. The van der Waals surface area contributed by atoms with Crippen LogP contribution in [0.2, 0.25) is 5.02 Å². The van der Waals surface area contributed by atoms with Crippen molar-refractivity contribution in [3.63, 3.8) is 0 Å². The Hall–Kier alpha value is -2.86. The molecule has 1 saturated heterocycles. The maximum absolute atomic E-state index is 12.5. The number of para-hydroxylation sites is 1. The minimum Gasteiger partial charge on any atom is -0.496 e. The van der Waals surface area contributed by atoms with Crippen LogP contribution in [0, 0.1) is 0 Å². The van der Waals surface area contributed by atoms with Gasteiger partial charge in [-0.05, 0) is 24.3 Å². The molecule has 26 heavy (non-hydrogen) atoms. The first kappa shape index (κ1) is 16.6. The molecule has 0 saturated carbocycles. The quantitative estimate of drug-likeness (QED) is 0.702. The van der Waals surface area contributed by atoms with Crippen LogP contribution in [0.5, 0.6) is 5.75 Å². The number of hydrogen-bond donors (Lipinski definition) is 0. The molecule has 0 atom stereocenters. The van der Waals surface area contributed by atoms with Crippen LogP contribution < -0.4 is 4.74 Å². The van der Waals surface area contributed by atoms with Crippen molar-refractivity contribution in [2.45, 2.75) is 5.92 Å². The summed E-state index contributed by atoms with van der Waals surface area (Å²) in [6.45, 7) is 1.05. The number of ether oxygens (including phenoxy) is 1. The summed E-state index contributed by atoms with van der Waals surface area (Å²) in [4.78, 5) is 18.7. The van der Waals surface area contributed by atoms with Gasteiger partial charge < -0.3 is 14.2 Å². The van der Waals surface area contributed by atoms with E-state index in [1.807, 2.05) is 24.3 Å². The lowest BCUT2D eigenvalue weighted by molar-refractivity contribution is 0.0569. The van der Waals surface area contributed by atoms with Crippen molar-refractivity contribution in [2.24, 2.45) is 0 Å². The Morgan fingerprint density at radius 3 is 2.69 bits per heavy atom. The van der Waals surface area contributed by atoms with Gasteiger partial charge in [0, 0.05) is 13.1 Å². The molecule has 3 aromatic rings. The SMILES string of the molecule is COc1ccccc1-c1noc(C2CN(C(=O)c3ccccc3Cl)C2)n1. The normalized spacial score (nSPS) is 14.2. The van der Waals surface area contributed by atoms with Gasteiger partial charge in [0.2, 0.25) is 11.7 Å². The smallest absolute Gasteiger partial charge is 0.255 e. The Kier molecular flexibility index (Phi) is 4.34. The van der Waals surface area contributed by atoms with E-state index in [0.717, 1.165) is 5.56 Å². The van der Waals surface area contributed by atoms with Crippen LogP contribution in [0.25, 0.3) is 11.4 Å². The van der Waals surface area contributed by atoms with Crippen molar-refractivity contribution in [2.75, 3.05) is 20.2 Å². The van der Waals surface area contributed by atoms with Gasteiger partial charge in [0.1, 0.15) is 5.75 Å². The molecule has 132 valence electrons. The molecule has 1 amide bonds. The molecule has 7 heteroatoms.